The summed E-state index contributed by atoms with van der Waals surface area (Å²) >= 11 is 3.56. The van der Waals surface area contributed by atoms with Gasteiger partial charge in [-0.2, -0.15) is 0 Å². The third kappa shape index (κ3) is 7.33. The predicted octanol–water partition coefficient (Wildman–Crippen LogP) is 6.13. The highest BCUT2D eigenvalue weighted by Crippen LogP contribution is 2.29. The lowest BCUT2D eigenvalue weighted by atomic mass is 9.95. The van der Waals surface area contributed by atoms with Crippen LogP contribution in [0.4, 0.5) is 0 Å². The van der Waals surface area contributed by atoms with Crippen molar-refractivity contribution < 1.29 is 14.3 Å². The Kier molecular flexibility index (Phi) is 9.57. The summed E-state index contributed by atoms with van der Waals surface area (Å²) in [5.41, 5.74) is 3.31. The Morgan fingerprint density at radius 2 is 1.82 bits per heavy atom. The van der Waals surface area contributed by atoms with Crippen molar-refractivity contribution in [2.75, 3.05) is 6.61 Å². The molecule has 1 atom stereocenters. The zero-order valence-corrected chi connectivity index (χ0v) is 22.4. The molecule has 0 spiro atoms. The van der Waals surface area contributed by atoms with Crippen molar-refractivity contribution in [2.45, 2.75) is 84.3 Å². The maximum atomic E-state index is 13.3. The number of benzene rings is 2. The SMILES string of the molecule is Cc1cccc(CN(C(=O)COc2ccc(C(C)C)cc2Br)[C@H](C)C(=O)NC2CCCCC2)c1. The third-order valence-corrected chi connectivity index (χ3v) is 7.15. The van der Waals surface area contributed by atoms with Crippen LogP contribution in [0.2, 0.25) is 0 Å². The van der Waals surface area contributed by atoms with Crippen molar-refractivity contribution in [3.05, 3.63) is 63.6 Å². The summed E-state index contributed by atoms with van der Waals surface area (Å²) in [5, 5.41) is 3.17. The van der Waals surface area contributed by atoms with Gasteiger partial charge in [0.25, 0.3) is 5.91 Å². The molecule has 34 heavy (non-hydrogen) atoms. The van der Waals surface area contributed by atoms with E-state index in [-0.39, 0.29) is 24.5 Å². The maximum absolute atomic E-state index is 13.3. The Labute approximate surface area is 212 Å². The van der Waals surface area contributed by atoms with Gasteiger partial charge in [0.15, 0.2) is 6.61 Å². The molecule has 0 radical (unpaired) electrons. The van der Waals surface area contributed by atoms with Crippen LogP contribution in [0.15, 0.2) is 46.9 Å². The minimum absolute atomic E-state index is 0.102. The second-order valence-corrected chi connectivity index (χ2v) is 10.5. The quantitative estimate of drug-likeness (QED) is 0.426. The summed E-state index contributed by atoms with van der Waals surface area (Å²) in [6.07, 6.45) is 5.53. The van der Waals surface area contributed by atoms with Crippen molar-refractivity contribution >= 4 is 27.7 Å². The molecule has 2 amide bonds. The van der Waals surface area contributed by atoms with Gasteiger partial charge in [-0.05, 0) is 71.8 Å². The first-order valence-corrected chi connectivity index (χ1v) is 13.1. The number of carbonyl (C=O) groups is 2. The smallest absolute Gasteiger partial charge is 0.261 e. The van der Waals surface area contributed by atoms with Gasteiger partial charge in [-0.25, -0.2) is 0 Å². The van der Waals surface area contributed by atoms with Crippen molar-refractivity contribution in [1.82, 2.24) is 10.2 Å². The molecule has 1 saturated carbocycles. The number of nitrogens with one attached hydrogen (secondary N) is 1. The fraction of sp³-hybridized carbons (Fsp3) is 0.500. The van der Waals surface area contributed by atoms with Crippen molar-refractivity contribution in [3.63, 3.8) is 0 Å². The van der Waals surface area contributed by atoms with Gasteiger partial charge in [-0.3, -0.25) is 9.59 Å². The van der Waals surface area contributed by atoms with Crippen LogP contribution < -0.4 is 10.1 Å². The predicted molar refractivity (Wildman–Crippen MR) is 140 cm³/mol. The number of carbonyl (C=O) groups excluding carboxylic acids is 2. The first kappa shape index (κ1) is 26.3. The minimum Gasteiger partial charge on any atom is -0.483 e. The number of hydrogen-bond acceptors (Lipinski definition) is 3. The van der Waals surface area contributed by atoms with Crippen molar-refractivity contribution in [1.29, 1.82) is 0 Å². The number of hydrogen-bond donors (Lipinski definition) is 1. The standard InChI is InChI=1S/C28H37BrN2O3/c1-19(2)23-13-14-26(25(29)16-23)34-18-27(32)31(17-22-10-8-9-20(3)15-22)21(4)28(33)30-24-11-6-5-7-12-24/h8-10,13-16,19,21,24H,5-7,11-12,17-18H2,1-4H3,(H,30,33)/t21-/m1/s1. The van der Waals surface area contributed by atoms with Crippen molar-refractivity contribution in [3.8, 4) is 5.75 Å². The van der Waals surface area contributed by atoms with Crippen LogP contribution in [0, 0.1) is 6.92 Å². The van der Waals surface area contributed by atoms with Gasteiger partial charge in [0.05, 0.1) is 4.47 Å². The highest BCUT2D eigenvalue weighted by atomic mass is 79.9. The van der Waals surface area contributed by atoms with E-state index in [4.69, 9.17) is 4.74 Å². The molecular weight excluding hydrogens is 492 g/mol. The van der Waals surface area contributed by atoms with Crippen LogP contribution in [0.25, 0.3) is 0 Å². The number of rotatable bonds is 9. The van der Waals surface area contributed by atoms with Gasteiger partial charge in [0.1, 0.15) is 11.8 Å². The van der Waals surface area contributed by atoms with E-state index in [0.717, 1.165) is 41.3 Å². The largest absolute Gasteiger partial charge is 0.483 e. The first-order chi connectivity index (χ1) is 16.2. The molecule has 0 saturated heterocycles. The lowest BCUT2D eigenvalue weighted by Crippen LogP contribution is -2.51. The molecule has 6 heteroatoms. The average molecular weight is 530 g/mol. The molecule has 1 aliphatic carbocycles. The number of ether oxygens (including phenoxy) is 1. The van der Waals surface area contributed by atoms with Crippen molar-refractivity contribution in [2.24, 2.45) is 0 Å². The van der Waals surface area contributed by atoms with E-state index in [2.05, 4.69) is 35.1 Å². The molecule has 0 heterocycles. The molecule has 3 rings (SSSR count). The summed E-state index contributed by atoms with van der Waals surface area (Å²) < 4.78 is 6.71. The molecule has 0 aliphatic heterocycles. The van der Waals surface area contributed by atoms with E-state index in [1.54, 1.807) is 11.8 Å². The number of amides is 2. The zero-order valence-electron chi connectivity index (χ0n) is 20.8. The molecule has 1 N–H and O–H groups in total. The Morgan fingerprint density at radius 1 is 1.09 bits per heavy atom. The Hall–Kier alpha value is -2.34. The number of halogens is 1. The molecule has 184 valence electrons. The van der Waals surface area contributed by atoms with E-state index in [1.807, 2.05) is 49.4 Å². The van der Waals surface area contributed by atoms with Gasteiger partial charge in [-0.15, -0.1) is 0 Å². The van der Waals surface area contributed by atoms with E-state index >= 15 is 0 Å². The van der Waals surface area contributed by atoms with Crippen LogP contribution >= 0.6 is 15.9 Å². The van der Waals surface area contributed by atoms with E-state index in [0.29, 0.717) is 18.2 Å². The van der Waals surface area contributed by atoms with Gasteiger partial charge in [0, 0.05) is 12.6 Å². The summed E-state index contributed by atoms with van der Waals surface area (Å²) in [6.45, 7) is 8.32. The number of nitrogens with zero attached hydrogens (tertiary/aromatic N) is 1. The van der Waals surface area contributed by atoms with E-state index in [9.17, 15) is 9.59 Å². The van der Waals surface area contributed by atoms with Gasteiger partial charge >= 0.3 is 0 Å². The minimum atomic E-state index is -0.592. The molecule has 0 unspecified atom stereocenters. The summed E-state index contributed by atoms with van der Waals surface area (Å²) in [6, 6.07) is 13.6. The Bertz CT molecular complexity index is 985. The van der Waals surface area contributed by atoms with Gasteiger partial charge in [0.2, 0.25) is 5.91 Å². The second-order valence-electron chi connectivity index (χ2n) is 9.66. The summed E-state index contributed by atoms with van der Waals surface area (Å²) in [5.74, 6) is 0.705. The normalized spacial score (nSPS) is 15.1. The monoisotopic (exact) mass is 528 g/mol. The highest BCUT2D eigenvalue weighted by Gasteiger charge is 2.28. The van der Waals surface area contributed by atoms with Crippen LogP contribution in [0.1, 0.15) is 75.5 Å². The third-order valence-electron chi connectivity index (χ3n) is 6.53. The molecule has 2 aromatic carbocycles. The lowest BCUT2D eigenvalue weighted by molar-refractivity contribution is -0.142. The van der Waals surface area contributed by atoms with Gasteiger partial charge in [-0.1, -0.05) is 69.0 Å². The molecule has 0 aromatic heterocycles. The maximum Gasteiger partial charge on any atom is 0.261 e. The van der Waals surface area contributed by atoms with E-state index < -0.39 is 6.04 Å². The Balaban J connectivity index is 1.72. The summed E-state index contributed by atoms with van der Waals surface area (Å²) in [4.78, 5) is 28.1. The topological polar surface area (TPSA) is 58.6 Å². The second kappa shape index (κ2) is 12.4. The molecule has 1 fully saturated rings. The zero-order chi connectivity index (χ0) is 24.7. The fourth-order valence-corrected chi connectivity index (χ4v) is 4.89. The molecule has 0 bridgehead atoms. The molecule has 2 aromatic rings. The molecular formula is C28H37BrN2O3. The first-order valence-electron chi connectivity index (χ1n) is 12.3. The van der Waals surface area contributed by atoms with Crippen LogP contribution in [0.5, 0.6) is 5.75 Å². The lowest BCUT2D eigenvalue weighted by Gasteiger charge is -2.31. The van der Waals surface area contributed by atoms with Crippen LogP contribution in [-0.4, -0.2) is 35.4 Å². The van der Waals surface area contributed by atoms with Gasteiger partial charge < -0.3 is 15.0 Å². The highest BCUT2D eigenvalue weighted by molar-refractivity contribution is 9.10. The van der Waals surface area contributed by atoms with Crippen LogP contribution in [-0.2, 0) is 16.1 Å². The average Bonchev–Trinajstić information content (AvgIpc) is 2.81. The molecule has 1 aliphatic rings. The molecule has 5 nitrogen and oxygen atoms in total. The number of aryl methyl sites for hydroxylation is 1. The Morgan fingerprint density at radius 3 is 2.47 bits per heavy atom. The van der Waals surface area contributed by atoms with E-state index in [1.165, 1.54) is 12.0 Å². The fourth-order valence-electron chi connectivity index (χ4n) is 4.37. The van der Waals surface area contributed by atoms with Crippen LogP contribution in [0.3, 0.4) is 0 Å². The summed E-state index contributed by atoms with van der Waals surface area (Å²) in [7, 11) is 0.